The first-order valence-corrected chi connectivity index (χ1v) is 4.21. The SMILES string of the molecule is Nc1cccc(Cl)c1C(=O)CCl. The summed E-state index contributed by atoms with van der Waals surface area (Å²) in [4.78, 5) is 11.2. The summed E-state index contributed by atoms with van der Waals surface area (Å²) in [6.45, 7) is 0. The Morgan fingerprint density at radius 3 is 2.67 bits per heavy atom. The number of rotatable bonds is 2. The molecular weight excluding hydrogens is 197 g/mol. The van der Waals surface area contributed by atoms with E-state index in [9.17, 15) is 4.79 Å². The lowest BCUT2D eigenvalue weighted by molar-refractivity contribution is 0.102. The largest absolute Gasteiger partial charge is 0.398 e. The second kappa shape index (κ2) is 3.78. The summed E-state index contributed by atoms with van der Waals surface area (Å²) in [5.74, 6) is -0.353. The number of nitrogens with two attached hydrogens (primary N) is 1. The molecule has 0 aromatic heterocycles. The third-order valence-corrected chi connectivity index (χ3v) is 2.00. The van der Waals surface area contributed by atoms with Crippen LogP contribution >= 0.6 is 23.2 Å². The number of carbonyl (C=O) groups is 1. The number of hydrogen-bond acceptors (Lipinski definition) is 2. The van der Waals surface area contributed by atoms with Crippen LogP contribution in [0.25, 0.3) is 0 Å². The van der Waals surface area contributed by atoms with Crippen molar-refractivity contribution in [3.63, 3.8) is 0 Å². The summed E-state index contributed by atoms with van der Waals surface area (Å²) in [5.41, 5.74) is 6.22. The fourth-order valence-corrected chi connectivity index (χ4v) is 1.32. The van der Waals surface area contributed by atoms with Crippen LogP contribution in [0.2, 0.25) is 5.02 Å². The Kier molecular flexibility index (Phi) is 2.95. The standard InChI is InChI=1S/C8H7Cl2NO/c9-4-7(12)8-5(10)2-1-3-6(8)11/h1-3H,4,11H2. The third kappa shape index (κ3) is 1.71. The highest BCUT2D eigenvalue weighted by Gasteiger charge is 2.11. The highest BCUT2D eigenvalue weighted by atomic mass is 35.5. The molecule has 12 heavy (non-hydrogen) atoms. The molecule has 0 aliphatic carbocycles. The topological polar surface area (TPSA) is 43.1 Å². The molecule has 0 bridgehead atoms. The lowest BCUT2D eigenvalue weighted by Gasteiger charge is -2.03. The van der Waals surface area contributed by atoms with E-state index in [0.717, 1.165) is 0 Å². The molecule has 0 atom stereocenters. The molecule has 4 heteroatoms. The van der Waals surface area contributed by atoms with E-state index in [1.54, 1.807) is 18.2 Å². The molecule has 0 saturated heterocycles. The molecule has 0 amide bonds. The van der Waals surface area contributed by atoms with Crippen LogP contribution < -0.4 is 5.73 Å². The molecule has 0 fully saturated rings. The molecule has 2 N–H and O–H groups in total. The summed E-state index contributed by atoms with van der Waals surface area (Å²) in [6, 6.07) is 4.91. The second-order valence-corrected chi connectivity index (χ2v) is 2.94. The highest BCUT2D eigenvalue weighted by Crippen LogP contribution is 2.22. The molecule has 0 heterocycles. The number of halogens is 2. The van der Waals surface area contributed by atoms with Crippen molar-refractivity contribution in [1.82, 2.24) is 0 Å². The zero-order valence-electron chi connectivity index (χ0n) is 6.18. The normalized spacial score (nSPS) is 9.83. The fraction of sp³-hybridized carbons (Fsp3) is 0.125. The number of ketones is 1. The fourth-order valence-electron chi connectivity index (χ4n) is 0.902. The first-order valence-electron chi connectivity index (χ1n) is 3.30. The van der Waals surface area contributed by atoms with Gasteiger partial charge < -0.3 is 5.73 Å². The second-order valence-electron chi connectivity index (χ2n) is 2.26. The maximum atomic E-state index is 11.2. The number of hydrogen-bond donors (Lipinski definition) is 1. The Morgan fingerprint density at radius 1 is 1.50 bits per heavy atom. The number of alkyl halides is 1. The molecule has 64 valence electrons. The first-order chi connectivity index (χ1) is 5.66. The molecule has 1 rings (SSSR count). The van der Waals surface area contributed by atoms with E-state index in [4.69, 9.17) is 28.9 Å². The molecule has 2 nitrogen and oxygen atoms in total. The van der Waals surface area contributed by atoms with Crippen molar-refractivity contribution in [3.05, 3.63) is 28.8 Å². The van der Waals surface area contributed by atoms with Gasteiger partial charge in [0.25, 0.3) is 0 Å². The molecule has 1 aromatic rings. The van der Waals surface area contributed by atoms with Crippen molar-refractivity contribution >= 4 is 34.7 Å². The molecule has 0 unspecified atom stereocenters. The predicted octanol–water partition coefficient (Wildman–Crippen LogP) is 2.34. The Labute approximate surface area is 80.3 Å². The molecular formula is C8H7Cl2NO. The van der Waals surface area contributed by atoms with E-state index in [-0.39, 0.29) is 11.7 Å². The molecule has 0 spiro atoms. The summed E-state index contributed by atoms with van der Waals surface area (Å²) in [6.07, 6.45) is 0. The zero-order valence-corrected chi connectivity index (χ0v) is 7.69. The molecule has 0 saturated carbocycles. The van der Waals surface area contributed by atoms with Crippen molar-refractivity contribution < 1.29 is 4.79 Å². The minimum absolute atomic E-state index is 0.103. The van der Waals surface area contributed by atoms with Crippen LogP contribution in [0, 0.1) is 0 Å². The Bertz CT molecular complexity index is 292. The van der Waals surface area contributed by atoms with E-state index in [2.05, 4.69) is 0 Å². The molecule has 0 aliphatic heterocycles. The summed E-state index contributed by atoms with van der Waals surface area (Å²) in [7, 11) is 0. The van der Waals surface area contributed by atoms with Gasteiger partial charge >= 0.3 is 0 Å². The van der Waals surface area contributed by atoms with Gasteiger partial charge in [0.2, 0.25) is 0 Å². The number of Topliss-reactive ketones (excluding diaryl/α,β-unsaturated/α-hetero) is 1. The zero-order chi connectivity index (χ0) is 9.14. The molecule has 1 aromatic carbocycles. The number of nitrogen functional groups attached to an aromatic ring is 1. The van der Waals surface area contributed by atoms with Crippen LogP contribution in [0.1, 0.15) is 10.4 Å². The van der Waals surface area contributed by atoms with E-state index in [0.29, 0.717) is 16.3 Å². The monoisotopic (exact) mass is 203 g/mol. The predicted molar refractivity (Wildman–Crippen MR) is 50.9 cm³/mol. The Balaban J connectivity index is 3.21. The van der Waals surface area contributed by atoms with E-state index in [1.165, 1.54) is 0 Å². The van der Waals surface area contributed by atoms with Gasteiger partial charge in [0, 0.05) is 5.69 Å². The average molecular weight is 204 g/mol. The third-order valence-electron chi connectivity index (χ3n) is 1.45. The summed E-state index contributed by atoms with van der Waals surface area (Å²) >= 11 is 11.1. The van der Waals surface area contributed by atoms with Crippen LogP contribution in [-0.4, -0.2) is 11.7 Å². The van der Waals surface area contributed by atoms with Gasteiger partial charge in [-0.25, -0.2) is 0 Å². The minimum atomic E-state index is -0.250. The van der Waals surface area contributed by atoms with E-state index < -0.39 is 0 Å². The number of benzene rings is 1. The highest BCUT2D eigenvalue weighted by molar-refractivity contribution is 6.38. The van der Waals surface area contributed by atoms with Gasteiger partial charge in [0.1, 0.15) is 0 Å². The van der Waals surface area contributed by atoms with Crippen molar-refractivity contribution in [2.45, 2.75) is 0 Å². The van der Waals surface area contributed by atoms with Crippen LogP contribution in [0.3, 0.4) is 0 Å². The van der Waals surface area contributed by atoms with Gasteiger partial charge in [-0.1, -0.05) is 17.7 Å². The van der Waals surface area contributed by atoms with Gasteiger partial charge in [-0.3, -0.25) is 4.79 Å². The Hall–Kier alpha value is -0.730. The maximum Gasteiger partial charge on any atom is 0.181 e. The van der Waals surface area contributed by atoms with Crippen molar-refractivity contribution in [2.24, 2.45) is 0 Å². The van der Waals surface area contributed by atoms with Crippen LogP contribution in [0.4, 0.5) is 5.69 Å². The maximum absolute atomic E-state index is 11.2. The van der Waals surface area contributed by atoms with E-state index in [1.807, 2.05) is 0 Å². The number of anilines is 1. The lowest BCUT2D eigenvalue weighted by Crippen LogP contribution is -2.05. The Morgan fingerprint density at radius 2 is 2.17 bits per heavy atom. The minimum Gasteiger partial charge on any atom is -0.398 e. The van der Waals surface area contributed by atoms with Crippen LogP contribution in [0.5, 0.6) is 0 Å². The van der Waals surface area contributed by atoms with Gasteiger partial charge in [0.15, 0.2) is 5.78 Å². The van der Waals surface area contributed by atoms with Crippen molar-refractivity contribution in [2.75, 3.05) is 11.6 Å². The van der Waals surface area contributed by atoms with Gasteiger partial charge in [-0.2, -0.15) is 0 Å². The first kappa shape index (κ1) is 9.36. The van der Waals surface area contributed by atoms with Gasteiger partial charge in [0.05, 0.1) is 16.5 Å². The van der Waals surface area contributed by atoms with Crippen LogP contribution in [-0.2, 0) is 0 Å². The van der Waals surface area contributed by atoms with Crippen LogP contribution in [0.15, 0.2) is 18.2 Å². The summed E-state index contributed by atoms with van der Waals surface area (Å²) in [5, 5.41) is 0.348. The molecule has 0 aliphatic rings. The lowest BCUT2D eigenvalue weighted by atomic mass is 10.1. The smallest absolute Gasteiger partial charge is 0.181 e. The van der Waals surface area contributed by atoms with Crippen molar-refractivity contribution in [1.29, 1.82) is 0 Å². The summed E-state index contributed by atoms with van der Waals surface area (Å²) < 4.78 is 0. The van der Waals surface area contributed by atoms with Crippen molar-refractivity contribution in [3.8, 4) is 0 Å². The van der Waals surface area contributed by atoms with Gasteiger partial charge in [-0.05, 0) is 12.1 Å². The average Bonchev–Trinajstić information content (AvgIpc) is 2.03. The molecule has 0 radical (unpaired) electrons. The van der Waals surface area contributed by atoms with Gasteiger partial charge in [-0.15, -0.1) is 11.6 Å². The quantitative estimate of drug-likeness (QED) is 0.456. The number of carbonyl (C=O) groups excluding carboxylic acids is 1. The van der Waals surface area contributed by atoms with E-state index >= 15 is 0 Å².